The molecule has 0 spiro atoms. The zero-order valence-corrected chi connectivity index (χ0v) is 22.8. The van der Waals surface area contributed by atoms with Crippen LogP contribution in [0.3, 0.4) is 0 Å². The van der Waals surface area contributed by atoms with Gasteiger partial charge in [0.2, 0.25) is 0 Å². The average Bonchev–Trinajstić information content (AvgIpc) is 3.14. The van der Waals surface area contributed by atoms with Gasteiger partial charge in [0.05, 0.1) is 17.9 Å². The summed E-state index contributed by atoms with van der Waals surface area (Å²) >= 11 is 0. The van der Waals surface area contributed by atoms with Crippen molar-refractivity contribution in [3.8, 4) is 0 Å². The van der Waals surface area contributed by atoms with E-state index in [9.17, 15) is 10.2 Å². The molecule has 3 aliphatic rings. The maximum absolute atomic E-state index is 10.2. The fourth-order valence-corrected chi connectivity index (χ4v) is 6.14. The summed E-state index contributed by atoms with van der Waals surface area (Å²) < 4.78 is 0. The van der Waals surface area contributed by atoms with Crippen molar-refractivity contribution < 1.29 is 15.1 Å². The van der Waals surface area contributed by atoms with E-state index in [-0.39, 0.29) is 10.8 Å². The quantitative estimate of drug-likeness (QED) is 0.232. The molecule has 4 nitrogen and oxygen atoms in total. The highest BCUT2D eigenvalue weighted by Gasteiger charge is 2.45. The Hall–Kier alpha value is -1.91. The van der Waals surface area contributed by atoms with E-state index in [0.717, 1.165) is 36.1 Å². The largest absolute Gasteiger partial charge is 0.396 e. The molecule has 3 rings (SSSR count). The molecule has 0 aliphatic heterocycles. The van der Waals surface area contributed by atoms with E-state index in [0.29, 0.717) is 31.3 Å². The van der Waals surface area contributed by atoms with Crippen molar-refractivity contribution in [2.45, 2.75) is 98.7 Å². The topological polar surface area (TPSA) is 62.0 Å². The fraction of sp³-hybridized carbons (Fsp3) is 0.645. The van der Waals surface area contributed by atoms with Gasteiger partial charge in [0.1, 0.15) is 6.61 Å². The van der Waals surface area contributed by atoms with Crippen molar-refractivity contribution in [3.05, 3.63) is 59.3 Å². The number of nitrogens with zero attached hydrogens (tertiary/aromatic N) is 1. The van der Waals surface area contributed by atoms with Gasteiger partial charge in [-0.1, -0.05) is 81.8 Å². The lowest BCUT2D eigenvalue weighted by Gasteiger charge is -2.42. The first kappa shape index (κ1) is 27.7. The van der Waals surface area contributed by atoms with Crippen LogP contribution in [0.2, 0.25) is 0 Å². The number of hydrogen-bond acceptors (Lipinski definition) is 4. The van der Waals surface area contributed by atoms with Gasteiger partial charge in [-0.15, -0.1) is 0 Å². The van der Waals surface area contributed by atoms with Gasteiger partial charge in [-0.2, -0.15) is 0 Å². The van der Waals surface area contributed by atoms with Gasteiger partial charge < -0.3 is 15.1 Å². The van der Waals surface area contributed by atoms with Crippen molar-refractivity contribution in [1.29, 1.82) is 0 Å². The first-order chi connectivity index (χ1) is 16.5. The monoisotopic (exact) mass is 481 g/mol. The van der Waals surface area contributed by atoms with E-state index in [2.05, 4.69) is 76.7 Å². The third-order valence-electron chi connectivity index (χ3n) is 8.23. The lowest BCUT2D eigenvalue weighted by Crippen LogP contribution is -2.32. The highest BCUT2D eigenvalue weighted by atomic mass is 16.6. The molecule has 0 aromatic carbocycles. The number of oxime groups is 1. The number of allylic oxidation sites excluding steroid dienone is 7. The van der Waals surface area contributed by atoms with Crippen LogP contribution in [-0.2, 0) is 4.84 Å². The normalized spacial score (nSPS) is 33.4. The van der Waals surface area contributed by atoms with Gasteiger partial charge >= 0.3 is 0 Å². The standard InChI is InChI=1S/C31H47NO3/c1-8-35-32-29(30(4,5)6)13-9-11-21(2)26-16-17-27-23(12-10-18-31(26,27)7)14-15-24-19-25(33)20-28(34)22(24)3/h9,13-16,21,25,27-28,33-34H,3,8,10-12,17-20H2,1-2,4-7H3/b13-9+,23-14+,24-15-,32-29-/t21-,25-,27+,28+,31-/m1/s1. The van der Waals surface area contributed by atoms with Crippen LogP contribution in [-0.4, -0.2) is 34.7 Å². The van der Waals surface area contributed by atoms with Gasteiger partial charge in [0.25, 0.3) is 0 Å². The van der Waals surface area contributed by atoms with Crippen LogP contribution >= 0.6 is 0 Å². The minimum absolute atomic E-state index is 0.0497. The molecule has 2 fully saturated rings. The SMILES string of the molecule is C=C1/C(=C\C=C2/CCC[C@]3(C)C([C@H](C)C/C=C/C(=N/OCC)C(C)(C)C)=CC[C@@H]23)C[C@@H](O)C[C@@H]1O. The molecule has 0 heterocycles. The van der Waals surface area contributed by atoms with Crippen LogP contribution in [0.25, 0.3) is 0 Å². The van der Waals surface area contributed by atoms with Gasteiger partial charge in [-0.25, -0.2) is 0 Å². The predicted octanol–water partition coefficient (Wildman–Crippen LogP) is 7.07. The van der Waals surface area contributed by atoms with E-state index in [1.807, 2.05) is 6.92 Å². The van der Waals surface area contributed by atoms with Crippen LogP contribution in [0.4, 0.5) is 0 Å². The zero-order chi connectivity index (χ0) is 25.8. The summed E-state index contributed by atoms with van der Waals surface area (Å²) in [5.41, 5.74) is 5.98. The van der Waals surface area contributed by atoms with E-state index in [4.69, 9.17) is 4.84 Å². The van der Waals surface area contributed by atoms with Crippen molar-refractivity contribution in [2.75, 3.05) is 6.61 Å². The Morgan fingerprint density at radius 1 is 1.31 bits per heavy atom. The van der Waals surface area contributed by atoms with Crippen molar-refractivity contribution in [2.24, 2.45) is 27.8 Å². The van der Waals surface area contributed by atoms with Crippen LogP contribution in [0.15, 0.2) is 64.4 Å². The first-order valence-corrected chi connectivity index (χ1v) is 13.5. The van der Waals surface area contributed by atoms with E-state index >= 15 is 0 Å². The Morgan fingerprint density at radius 2 is 2.06 bits per heavy atom. The Balaban J connectivity index is 1.72. The second kappa shape index (κ2) is 11.4. The molecule has 0 radical (unpaired) electrons. The number of hydrogen-bond donors (Lipinski definition) is 2. The summed E-state index contributed by atoms with van der Waals surface area (Å²) in [7, 11) is 0. The lowest BCUT2D eigenvalue weighted by atomic mass is 9.62. The Kier molecular flexibility index (Phi) is 9.04. The molecular formula is C31H47NO3. The maximum atomic E-state index is 10.2. The maximum Gasteiger partial charge on any atom is 0.114 e. The third-order valence-corrected chi connectivity index (χ3v) is 8.23. The second-order valence-corrected chi connectivity index (χ2v) is 12.0. The summed E-state index contributed by atoms with van der Waals surface area (Å²) in [4.78, 5) is 5.34. The Labute approximate surface area is 213 Å². The van der Waals surface area contributed by atoms with Crippen molar-refractivity contribution in [1.82, 2.24) is 0 Å². The average molecular weight is 482 g/mol. The molecule has 0 aromatic rings. The van der Waals surface area contributed by atoms with E-state index in [1.54, 1.807) is 5.57 Å². The lowest BCUT2D eigenvalue weighted by molar-refractivity contribution is 0.0862. The van der Waals surface area contributed by atoms with Crippen molar-refractivity contribution in [3.63, 3.8) is 0 Å². The zero-order valence-electron chi connectivity index (χ0n) is 22.8. The first-order valence-electron chi connectivity index (χ1n) is 13.5. The minimum Gasteiger partial charge on any atom is -0.396 e. The summed E-state index contributed by atoms with van der Waals surface area (Å²) in [6.45, 7) is 17.9. The third kappa shape index (κ3) is 6.46. The van der Waals surface area contributed by atoms with Gasteiger partial charge in [-0.3, -0.25) is 0 Å². The summed E-state index contributed by atoms with van der Waals surface area (Å²) in [6.07, 6.45) is 16.8. The molecule has 35 heavy (non-hydrogen) atoms. The fourth-order valence-electron chi connectivity index (χ4n) is 6.14. The Bertz CT molecular complexity index is 929. The molecule has 3 aliphatic carbocycles. The summed E-state index contributed by atoms with van der Waals surface area (Å²) in [5, 5.41) is 24.6. The number of aliphatic hydroxyl groups is 2. The molecule has 5 atom stereocenters. The number of aliphatic hydroxyl groups excluding tert-OH is 2. The molecule has 0 aromatic heterocycles. The highest BCUT2D eigenvalue weighted by Crippen LogP contribution is 2.57. The summed E-state index contributed by atoms with van der Waals surface area (Å²) in [6, 6.07) is 0. The molecule has 0 bridgehead atoms. The molecule has 2 N–H and O–H groups in total. The highest BCUT2D eigenvalue weighted by molar-refractivity contribution is 5.98. The molecule has 0 amide bonds. The van der Waals surface area contributed by atoms with Crippen molar-refractivity contribution >= 4 is 5.71 Å². The number of fused-ring (bicyclic) bond motifs is 1. The molecule has 0 unspecified atom stereocenters. The van der Waals surface area contributed by atoms with E-state index in [1.165, 1.54) is 18.4 Å². The molecule has 194 valence electrons. The van der Waals surface area contributed by atoms with Gasteiger partial charge in [-0.05, 0) is 79.9 Å². The second-order valence-electron chi connectivity index (χ2n) is 12.0. The number of rotatable bonds is 7. The van der Waals surface area contributed by atoms with Gasteiger partial charge in [0, 0.05) is 11.8 Å². The van der Waals surface area contributed by atoms with Crippen LogP contribution in [0.5, 0.6) is 0 Å². The summed E-state index contributed by atoms with van der Waals surface area (Å²) in [5.74, 6) is 1.02. The van der Waals surface area contributed by atoms with Gasteiger partial charge in [0.15, 0.2) is 0 Å². The molecule has 0 saturated heterocycles. The van der Waals surface area contributed by atoms with E-state index < -0.39 is 12.2 Å². The Morgan fingerprint density at radius 3 is 2.74 bits per heavy atom. The predicted molar refractivity (Wildman–Crippen MR) is 146 cm³/mol. The molecule has 2 saturated carbocycles. The minimum atomic E-state index is -0.633. The van der Waals surface area contributed by atoms with Crippen LogP contribution < -0.4 is 0 Å². The molecule has 4 heteroatoms. The van der Waals surface area contributed by atoms with Crippen LogP contribution in [0.1, 0.15) is 86.5 Å². The smallest absolute Gasteiger partial charge is 0.114 e. The molecular weight excluding hydrogens is 434 g/mol. The van der Waals surface area contributed by atoms with Crippen LogP contribution in [0, 0.1) is 22.7 Å².